The number of nitrogens with zero attached hydrogens (tertiary/aromatic N) is 27. The average Bonchev–Trinajstić information content (AvgIpc) is 1.68. The van der Waals surface area contributed by atoms with Gasteiger partial charge in [0.15, 0.2) is 66.1 Å². The van der Waals surface area contributed by atoms with Crippen LogP contribution >= 0.6 is 46.4 Å². The highest BCUT2D eigenvalue weighted by Crippen LogP contribution is 2.39. The molecule has 0 aliphatic rings. The quantitative estimate of drug-likeness (QED) is 0.0395. The van der Waals surface area contributed by atoms with Crippen molar-refractivity contribution in [1.82, 2.24) is 138 Å². The first-order valence-corrected chi connectivity index (χ1v) is 37.8. The van der Waals surface area contributed by atoms with Crippen molar-refractivity contribution < 1.29 is 4.39 Å². The highest BCUT2D eigenvalue weighted by atomic mass is 35.5. The molecule has 15 heterocycles. The van der Waals surface area contributed by atoms with Gasteiger partial charge in [-0.3, -0.25) is 0 Å². The SMILES string of the molecule is CCC(Nc1ncnc(N)c1C#N)c1cc2ncc(Cl)n2nc1-c1ccccc1F.CC[C@H](Nc1ncnc2nc[nH]c12)c1cc2ncc(Cl)n2nc1-c1ccccc1.C[C@@H](c1cc2ncc(Cl)n2nc1-c1ccccc1)n1cnc2c(N)ncnc21.C[C@H](Nc1ncnc(N)c1-c1nn[nH]n1)c1cc2ncc(Cl)n2nc1-c1ccccc1. The Hall–Kier alpha value is -14.9. The molecular formula is C78H64Cl4FN35. The van der Waals surface area contributed by atoms with Gasteiger partial charge in [-0.05, 0) is 68.3 Å². The van der Waals surface area contributed by atoms with Crippen molar-refractivity contribution in [3.05, 3.63) is 257 Å². The summed E-state index contributed by atoms with van der Waals surface area (Å²) in [6.07, 6.45) is 16.6. The van der Waals surface area contributed by atoms with E-state index in [0.717, 1.165) is 62.4 Å². The summed E-state index contributed by atoms with van der Waals surface area (Å²) in [6, 6.07) is 45.2. The minimum absolute atomic E-state index is 0.0559. The van der Waals surface area contributed by atoms with E-state index < -0.39 is 5.82 Å². The van der Waals surface area contributed by atoms with Crippen LogP contribution in [0.3, 0.4) is 0 Å². The number of benzene rings is 4. The monoisotopic (exact) mass is 1650 g/mol. The van der Waals surface area contributed by atoms with Gasteiger partial charge in [0, 0.05) is 44.5 Å². The van der Waals surface area contributed by atoms with Gasteiger partial charge in [0.05, 0.1) is 84.4 Å². The topological polar surface area (TPSA) is 463 Å². The third kappa shape index (κ3) is 15.4. The molecule has 0 saturated carbocycles. The lowest BCUT2D eigenvalue weighted by Crippen LogP contribution is -2.16. The molecule has 1 unspecified atom stereocenters. The summed E-state index contributed by atoms with van der Waals surface area (Å²) in [6.45, 7) is 8.11. The molecule has 11 N–H and O–H groups in total. The summed E-state index contributed by atoms with van der Waals surface area (Å²) >= 11 is 25.0. The fourth-order valence-corrected chi connectivity index (χ4v) is 14.0. The number of nitrogens with two attached hydrogens (primary N) is 3. The largest absolute Gasteiger partial charge is 0.383 e. The second-order valence-electron chi connectivity index (χ2n) is 26.2. The number of imidazole rings is 6. The number of hydrogen-bond acceptors (Lipinski definition) is 28. The first kappa shape index (κ1) is 77.0. The molecular weight excluding hydrogens is 1590 g/mol. The molecule has 19 rings (SSSR count). The molecule has 0 aliphatic heterocycles. The van der Waals surface area contributed by atoms with E-state index in [9.17, 15) is 9.65 Å². The van der Waals surface area contributed by atoms with Crippen LogP contribution in [0.25, 0.3) is 101 Å². The van der Waals surface area contributed by atoms with E-state index in [2.05, 4.69) is 130 Å². The summed E-state index contributed by atoms with van der Waals surface area (Å²) in [5, 5.41) is 54.1. The van der Waals surface area contributed by atoms with Crippen LogP contribution in [0.15, 0.2) is 202 Å². The number of hydrogen-bond donors (Lipinski definition) is 8. The Morgan fingerprint density at radius 3 is 1.51 bits per heavy atom. The Balaban J connectivity index is 0.000000118. The molecule has 19 aromatic rings. The maximum absolute atomic E-state index is 14.6. The van der Waals surface area contributed by atoms with Crippen LogP contribution in [-0.2, 0) is 0 Å². The molecule has 4 aromatic carbocycles. The van der Waals surface area contributed by atoms with Crippen molar-refractivity contribution >= 4 is 126 Å². The summed E-state index contributed by atoms with van der Waals surface area (Å²) in [5.41, 5.74) is 33.2. The van der Waals surface area contributed by atoms with Crippen LogP contribution in [0.4, 0.5) is 39.3 Å². The fraction of sp³-hybridized carbons (Fsp3) is 0.128. The minimum Gasteiger partial charge on any atom is -0.383 e. The third-order valence-corrected chi connectivity index (χ3v) is 20.1. The predicted molar refractivity (Wildman–Crippen MR) is 445 cm³/mol. The number of tetrazole rings is 1. The van der Waals surface area contributed by atoms with Crippen molar-refractivity contribution in [3.8, 4) is 62.5 Å². The lowest BCUT2D eigenvalue weighted by Gasteiger charge is -2.21. The fourth-order valence-electron chi connectivity index (χ4n) is 13.3. The van der Waals surface area contributed by atoms with Crippen molar-refractivity contribution in [2.75, 3.05) is 33.2 Å². The maximum atomic E-state index is 14.6. The molecule has 15 aromatic heterocycles. The number of H-pyrrole nitrogens is 2. The van der Waals surface area contributed by atoms with E-state index in [-0.39, 0.29) is 47.2 Å². The van der Waals surface area contributed by atoms with Crippen LogP contribution in [0, 0.1) is 17.1 Å². The van der Waals surface area contributed by atoms with Crippen LogP contribution in [0.2, 0.25) is 20.6 Å². The van der Waals surface area contributed by atoms with E-state index in [0.29, 0.717) is 112 Å². The standard InChI is InChI=1S/C20H16ClFN8.C20H17ClN8.C19H16ClN11.C19H15ClN8/c1-2-15(28-20-13(8-23)19(24)26-10-27-20)12-7-17-25-9-16(21)30(17)29-18(12)11-5-3-4-6-14(11)22;1-2-14(27-20-18-19(24-10-23-18)25-11-26-20)13-8-16-22-9-15(21)29(16)28-17(13)12-6-4-3-5-7-12;1-10(25-18-15(17(21)23-9-24-18)19-26-29-30-27-19)12-7-14-22-8-13(20)31(14)28-16(12)11-5-3-2-4-6-11;1-11(27-10-25-17-18(21)23-9-24-19(17)27)13-7-15-22-8-14(20)28(15)26-16(13)12-5-3-2-4-6-12/h3-7,9-10,15H,2H2,1H3,(H3,24,26,27,28);3-11,14H,2H2,1H3,(H2,23,24,25,26,27);2-10H,1H3,(H3,21,23,24,25)(H,26,27,29,30);2-11H,1H3,(H2,21,23,24)/t;14-;10-;11-/m.000/s1. The van der Waals surface area contributed by atoms with Gasteiger partial charge in [0.2, 0.25) is 5.82 Å². The maximum Gasteiger partial charge on any atom is 0.212 e. The molecule has 4 atom stereocenters. The molecule has 35 nitrogen and oxygen atoms in total. The number of anilines is 6. The van der Waals surface area contributed by atoms with E-state index in [4.69, 9.17) is 78.9 Å². The van der Waals surface area contributed by atoms with Crippen molar-refractivity contribution in [3.63, 3.8) is 0 Å². The number of rotatable bonds is 18. The molecule has 0 bridgehead atoms. The molecule has 586 valence electrons. The van der Waals surface area contributed by atoms with Crippen LogP contribution in [0.1, 0.15) is 92.5 Å². The third-order valence-electron chi connectivity index (χ3n) is 19.1. The molecule has 0 spiro atoms. The predicted octanol–water partition coefficient (Wildman–Crippen LogP) is 14.4. The van der Waals surface area contributed by atoms with Gasteiger partial charge in [0.1, 0.15) is 82.6 Å². The summed E-state index contributed by atoms with van der Waals surface area (Å²) in [5.74, 6) is 2.01. The molecule has 0 radical (unpaired) electrons. The number of nitrogens with one attached hydrogen (secondary N) is 5. The number of halogens is 5. The van der Waals surface area contributed by atoms with Gasteiger partial charge in [-0.1, -0.05) is 163 Å². The Labute approximate surface area is 687 Å². The van der Waals surface area contributed by atoms with Crippen molar-refractivity contribution in [2.24, 2.45) is 0 Å². The molecule has 0 aliphatic carbocycles. The zero-order valence-corrected chi connectivity index (χ0v) is 65.5. The zero-order chi connectivity index (χ0) is 81.7. The van der Waals surface area contributed by atoms with Crippen LogP contribution < -0.4 is 33.2 Å². The normalized spacial score (nSPS) is 12.3. The number of nitrogen functional groups attached to an aromatic ring is 3. The second kappa shape index (κ2) is 33.6. The lowest BCUT2D eigenvalue weighted by molar-refractivity contribution is 0.629. The summed E-state index contributed by atoms with van der Waals surface area (Å²) < 4.78 is 22.9. The number of aromatic amines is 2. The van der Waals surface area contributed by atoms with Gasteiger partial charge < -0.3 is 42.7 Å². The Bertz CT molecular complexity index is 6870. The molecule has 0 saturated heterocycles. The Kier molecular flexibility index (Phi) is 22.0. The average molecular weight is 1650 g/mol. The van der Waals surface area contributed by atoms with E-state index in [1.165, 1.54) is 42.1 Å². The first-order valence-electron chi connectivity index (χ1n) is 36.3. The zero-order valence-electron chi connectivity index (χ0n) is 62.5. The first-order chi connectivity index (χ1) is 57.5. The van der Waals surface area contributed by atoms with Gasteiger partial charge in [-0.15, -0.1) is 10.2 Å². The summed E-state index contributed by atoms with van der Waals surface area (Å²) in [4.78, 5) is 62.4. The van der Waals surface area contributed by atoms with E-state index >= 15 is 0 Å². The van der Waals surface area contributed by atoms with Crippen LogP contribution in [0.5, 0.6) is 0 Å². The van der Waals surface area contributed by atoms with Gasteiger partial charge in [0.25, 0.3) is 0 Å². The smallest absolute Gasteiger partial charge is 0.212 e. The Morgan fingerprint density at radius 2 is 0.958 bits per heavy atom. The van der Waals surface area contributed by atoms with Gasteiger partial charge in [-0.2, -0.15) is 30.9 Å². The molecule has 118 heavy (non-hydrogen) atoms. The minimum atomic E-state index is -0.416. The van der Waals surface area contributed by atoms with Crippen molar-refractivity contribution in [2.45, 2.75) is 64.7 Å². The highest BCUT2D eigenvalue weighted by molar-refractivity contribution is 6.30. The second-order valence-corrected chi connectivity index (χ2v) is 27.8. The number of fused-ring (bicyclic) bond motifs is 6. The Morgan fingerprint density at radius 1 is 0.492 bits per heavy atom. The number of nitriles is 1. The lowest BCUT2D eigenvalue weighted by atomic mass is 9.98. The van der Waals surface area contributed by atoms with E-state index in [1.807, 2.05) is 134 Å². The summed E-state index contributed by atoms with van der Waals surface area (Å²) in [7, 11) is 0. The van der Waals surface area contributed by atoms with E-state index in [1.54, 1.807) is 69.1 Å². The van der Waals surface area contributed by atoms with Crippen LogP contribution in [-0.4, -0.2) is 138 Å². The highest BCUT2D eigenvalue weighted by Gasteiger charge is 2.28. The van der Waals surface area contributed by atoms with Gasteiger partial charge >= 0.3 is 0 Å². The van der Waals surface area contributed by atoms with Crippen molar-refractivity contribution in [1.29, 1.82) is 5.26 Å². The molecule has 40 heteroatoms. The molecule has 0 amide bonds. The van der Waals surface area contributed by atoms with Gasteiger partial charge in [-0.25, -0.2) is 92.2 Å². The number of aromatic nitrogens is 28. The molecule has 0 fully saturated rings.